The van der Waals surface area contributed by atoms with Gasteiger partial charge in [-0.25, -0.2) is 13.7 Å². The van der Waals surface area contributed by atoms with E-state index in [4.69, 9.17) is 13.8 Å². The van der Waals surface area contributed by atoms with Crippen LogP contribution in [0.25, 0.3) is 0 Å². The van der Waals surface area contributed by atoms with Gasteiger partial charge in [0.15, 0.2) is 30.3 Å². The number of H-pyrrole nitrogens is 1. The van der Waals surface area contributed by atoms with E-state index < -0.39 is 49.9 Å². The van der Waals surface area contributed by atoms with Crippen molar-refractivity contribution >= 4 is 8.25 Å². The lowest BCUT2D eigenvalue weighted by atomic mass is 9.87. The lowest BCUT2D eigenvalue weighted by Crippen LogP contribution is -2.52. The molecule has 1 aromatic carbocycles. The number of benzene rings is 1. The van der Waals surface area contributed by atoms with E-state index in [1.807, 2.05) is 4.98 Å². The maximum absolute atomic E-state index is 15.4. The third-order valence-electron chi connectivity index (χ3n) is 4.59. The predicted octanol–water partition coefficient (Wildman–Crippen LogP) is 1.15. The summed E-state index contributed by atoms with van der Waals surface area (Å²) in [5, 5.41) is 21.5. The van der Waals surface area contributed by atoms with Crippen molar-refractivity contribution in [2.45, 2.75) is 30.7 Å². The summed E-state index contributed by atoms with van der Waals surface area (Å²) in [6.45, 7) is 3.73. The van der Waals surface area contributed by atoms with Gasteiger partial charge in [0.25, 0.3) is 11.4 Å². The minimum atomic E-state index is -3.08. The number of ether oxygens (including phenoxy) is 1. The number of aromatic nitrogens is 2. The Bertz CT molecular complexity index is 1070. The standard InChI is InChI=1S/C18H18FN2O8P/c1-11(2)18(25)14(23)17(19,10-27-30(26)29-12-6-4-3-5-7-12)28-15(18)21-9-8-13(22)20-16(21)24/h3-9,14-15,23,25H,1,10H2,2H3/p+1. The normalized spacial score (nSPS) is 28.9. The van der Waals surface area contributed by atoms with Crippen molar-refractivity contribution in [3.63, 3.8) is 0 Å². The molecule has 5 atom stereocenters. The topological polar surface area (TPSA) is 140 Å². The third-order valence-corrected chi connectivity index (χ3v) is 5.29. The average molecular weight is 441 g/mol. The zero-order chi connectivity index (χ0) is 22.1. The highest BCUT2D eigenvalue weighted by Gasteiger charge is 2.66. The Morgan fingerprint density at radius 2 is 2.03 bits per heavy atom. The molecule has 1 aliphatic heterocycles. The van der Waals surface area contributed by atoms with Gasteiger partial charge in [-0.1, -0.05) is 24.8 Å². The second-order valence-electron chi connectivity index (χ2n) is 6.68. The van der Waals surface area contributed by atoms with Gasteiger partial charge < -0.3 is 14.9 Å². The van der Waals surface area contributed by atoms with Gasteiger partial charge in [0, 0.05) is 16.8 Å². The first-order chi connectivity index (χ1) is 14.1. The summed E-state index contributed by atoms with van der Waals surface area (Å²) in [4.78, 5) is 25.3. The summed E-state index contributed by atoms with van der Waals surface area (Å²) >= 11 is 0. The van der Waals surface area contributed by atoms with E-state index in [9.17, 15) is 24.4 Å². The zero-order valence-corrected chi connectivity index (χ0v) is 16.6. The first kappa shape index (κ1) is 22.0. The highest BCUT2D eigenvalue weighted by atomic mass is 31.1. The van der Waals surface area contributed by atoms with E-state index in [0.717, 1.165) is 12.3 Å². The molecule has 0 amide bonds. The van der Waals surface area contributed by atoms with Crippen LogP contribution in [0.4, 0.5) is 4.39 Å². The van der Waals surface area contributed by atoms with E-state index in [1.54, 1.807) is 18.2 Å². The molecule has 12 heteroatoms. The minimum absolute atomic E-state index is 0.123. The Hall–Kier alpha value is -2.69. The van der Waals surface area contributed by atoms with Crippen molar-refractivity contribution in [2.75, 3.05) is 6.61 Å². The first-order valence-electron chi connectivity index (χ1n) is 8.66. The SMILES string of the molecule is C=C(C)C1(O)C(n2ccc(=O)[nH]c2=O)OC(F)(CO[P+](=O)Oc2ccccc2)C1O. The summed E-state index contributed by atoms with van der Waals surface area (Å²) in [6, 6.07) is 8.91. The molecule has 1 aliphatic rings. The molecule has 5 unspecified atom stereocenters. The van der Waals surface area contributed by atoms with Crippen LogP contribution in [0.5, 0.6) is 5.75 Å². The lowest BCUT2D eigenvalue weighted by Gasteiger charge is -2.32. The van der Waals surface area contributed by atoms with Crippen molar-refractivity contribution in [3.05, 3.63) is 75.6 Å². The van der Waals surface area contributed by atoms with Crippen LogP contribution in [0, 0.1) is 0 Å². The van der Waals surface area contributed by atoms with Crippen molar-refractivity contribution in [3.8, 4) is 5.75 Å². The number of aliphatic hydroxyl groups is 2. The number of hydrogen-bond acceptors (Lipinski definition) is 8. The van der Waals surface area contributed by atoms with Crippen molar-refractivity contribution in [1.29, 1.82) is 0 Å². The van der Waals surface area contributed by atoms with Crippen LogP contribution in [-0.2, 0) is 13.8 Å². The first-order valence-corrected chi connectivity index (χ1v) is 9.75. The second kappa shape index (κ2) is 8.21. The quantitative estimate of drug-likeness (QED) is 0.430. The highest BCUT2D eigenvalue weighted by Crippen LogP contribution is 2.49. The largest absolute Gasteiger partial charge is 0.750 e. The van der Waals surface area contributed by atoms with Gasteiger partial charge in [-0.15, -0.1) is 4.52 Å². The minimum Gasteiger partial charge on any atom is -0.383 e. The predicted molar refractivity (Wildman–Crippen MR) is 102 cm³/mol. The fourth-order valence-corrected chi connectivity index (χ4v) is 3.60. The second-order valence-corrected chi connectivity index (χ2v) is 7.57. The van der Waals surface area contributed by atoms with Crippen LogP contribution in [0.3, 0.4) is 0 Å². The Morgan fingerprint density at radius 1 is 1.37 bits per heavy atom. The average Bonchev–Trinajstić information content (AvgIpc) is 2.90. The molecule has 0 saturated carbocycles. The zero-order valence-electron chi connectivity index (χ0n) is 15.7. The number of para-hydroxylation sites is 1. The molecule has 30 heavy (non-hydrogen) atoms. The van der Waals surface area contributed by atoms with E-state index in [-0.39, 0.29) is 11.3 Å². The van der Waals surface area contributed by atoms with E-state index >= 15 is 4.39 Å². The monoisotopic (exact) mass is 441 g/mol. The number of hydrogen-bond donors (Lipinski definition) is 3. The number of rotatable bonds is 7. The molecule has 3 N–H and O–H groups in total. The van der Waals surface area contributed by atoms with Crippen LogP contribution in [0.1, 0.15) is 13.2 Å². The maximum atomic E-state index is 15.4. The summed E-state index contributed by atoms with van der Waals surface area (Å²) in [5.74, 6) is -2.88. The smallest absolute Gasteiger partial charge is 0.383 e. The fourth-order valence-electron chi connectivity index (χ4n) is 2.98. The van der Waals surface area contributed by atoms with Gasteiger partial charge in [-0.05, 0) is 24.6 Å². The molecule has 160 valence electrons. The van der Waals surface area contributed by atoms with Crippen molar-refractivity contribution < 1.29 is 33.0 Å². The van der Waals surface area contributed by atoms with Gasteiger partial charge in [0.1, 0.15) is 0 Å². The lowest BCUT2D eigenvalue weighted by molar-refractivity contribution is -0.203. The number of halogens is 1. The molecule has 10 nitrogen and oxygen atoms in total. The maximum Gasteiger partial charge on any atom is 0.750 e. The van der Waals surface area contributed by atoms with E-state index in [0.29, 0.717) is 4.57 Å². The van der Waals surface area contributed by atoms with Crippen LogP contribution in [0.15, 0.2) is 64.3 Å². The number of aliphatic hydroxyl groups excluding tert-OH is 1. The summed E-state index contributed by atoms with van der Waals surface area (Å²) < 4.78 is 43.1. The Morgan fingerprint density at radius 3 is 2.63 bits per heavy atom. The van der Waals surface area contributed by atoms with E-state index in [2.05, 4.69) is 6.58 Å². The molecular formula is C18H19FN2O8P+. The molecule has 2 heterocycles. The molecule has 0 bridgehead atoms. The third kappa shape index (κ3) is 3.98. The Kier molecular flexibility index (Phi) is 6.02. The van der Waals surface area contributed by atoms with Crippen LogP contribution < -0.4 is 15.8 Å². The summed E-state index contributed by atoms with van der Waals surface area (Å²) in [7, 11) is -2.85. The van der Waals surface area contributed by atoms with Gasteiger partial charge in [0.2, 0.25) is 0 Å². The molecule has 3 rings (SSSR count). The molecule has 1 aromatic heterocycles. The molecule has 1 saturated heterocycles. The molecular weight excluding hydrogens is 422 g/mol. The fraction of sp³-hybridized carbons (Fsp3) is 0.333. The van der Waals surface area contributed by atoms with Crippen molar-refractivity contribution in [2.24, 2.45) is 0 Å². The summed E-state index contributed by atoms with van der Waals surface area (Å²) in [5.41, 5.74) is -4.32. The molecule has 0 aliphatic carbocycles. The Labute approximate surface area is 170 Å². The number of alkyl halides is 1. The van der Waals surface area contributed by atoms with Gasteiger partial charge >= 0.3 is 13.9 Å². The number of aromatic amines is 1. The number of nitrogens with one attached hydrogen (secondary N) is 1. The molecule has 0 radical (unpaired) electrons. The molecule has 0 spiro atoms. The van der Waals surface area contributed by atoms with Crippen LogP contribution in [-0.4, -0.2) is 43.9 Å². The number of nitrogens with zero attached hydrogens (tertiary/aromatic N) is 1. The molecule has 2 aromatic rings. The van der Waals surface area contributed by atoms with Crippen molar-refractivity contribution in [1.82, 2.24) is 9.55 Å². The summed E-state index contributed by atoms with van der Waals surface area (Å²) in [6.07, 6.45) is -3.10. The highest BCUT2D eigenvalue weighted by molar-refractivity contribution is 7.33. The van der Waals surface area contributed by atoms with Crippen LogP contribution in [0.2, 0.25) is 0 Å². The van der Waals surface area contributed by atoms with Crippen LogP contribution >= 0.6 is 8.25 Å². The van der Waals surface area contributed by atoms with E-state index in [1.165, 1.54) is 19.1 Å². The van der Waals surface area contributed by atoms with Gasteiger partial charge in [0.05, 0.1) is 0 Å². The van der Waals surface area contributed by atoms with Gasteiger partial charge in [-0.2, -0.15) is 0 Å². The molecule has 1 fully saturated rings. The van der Waals surface area contributed by atoms with Gasteiger partial charge in [-0.3, -0.25) is 14.3 Å². The Balaban J connectivity index is 1.84.